The molecule has 1 saturated heterocycles. The first-order chi connectivity index (χ1) is 10.1. The number of carbonyl (C=O) groups excluding carboxylic acids is 1. The fraction of sp³-hybridized carbons (Fsp3) is 0.500. The van der Waals surface area contributed by atoms with Gasteiger partial charge in [0.15, 0.2) is 11.6 Å². The third-order valence-corrected chi connectivity index (χ3v) is 3.42. The molecule has 1 aliphatic heterocycles. The summed E-state index contributed by atoms with van der Waals surface area (Å²) in [5.41, 5.74) is 5.20. The highest BCUT2D eigenvalue weighted by atomic mass is 19.1. The van der Waals surface area contributed by atoms with Crippen molar-refractivity contribution in [1.82, 2.24) is 9.80 Å². The molecule has 2 rings (SSSR count). The molecule has 0 radical (unpaired) electrons. The van der Waals surface area contributed by atoms with Crippen LogP contribution in [0, 0.1) is 5.82 Å². The normalized spacial score (nSPS) is 17.5. The summed E-state index contributed by atoms with van der Waals surface area (Å²) in [6.45, 7) is 2.85. The summed E-state index contributed by atoms with van der Waals surface area (Å²) in [5, 5.41) is 9.93. The van der Waals surface area contributed by atoms with Gasteiger partial charge >= 0.3 is 6.03 Å². The molecule has 1 fully saturated rings. The van der Waals surface area contributed by atoms with Crippen LogP contribution in [0.3, 0.4) is 0 Å². The van der Waals surface area contributed by atoms with Crippen molar-refractivity contribution in [3.8, 4) is 5.75 Å². The van der Waals surface area contributed by atoms with Gasteiger partial charge in [-0.25, -0.2) is 9.18 Å². The van der Waals surface area contributed by atoms with E-state index in [4.69, 9.17) is 10.5 Å². The molecular formula is C14H20FN3O3. The summed E-state index contributed by atoms with van der Waals surface area (Å²) in [5.74, 6) is -0.310. The number of aliphatic hydroxyl groups is 1. The number of nitrogens with zero attached hydrogens (tertiary/aromatic N) is 2. The van der Waals surface area contributed by atoms with E-state index in [1.165, 1.54) is 12.1 Å². The topological polar surface area (TPSA) is 79.0 Å². The number of β-amino-alcohol motifs (C(OH)–C–C–N with tert-alkyl or cyclic N) is 1. The zero-order chi connectivity index (χ0) is 15.2. The molecule has 1 unspecified atom stereocenters. The first-order valence-corrected chi connectivity index (χ1v) is 6.88. The van der Waals surface area contributed by atoms with E-state index >= 15 is 0 Å². The standard InChI is InChI=1S/C14H20FN3O3/c15-12-3-1-2-4-13(12)21-10-11(19)9-17-5-7-18(8-6-17)14(16)20/h1-4,11,19H,5-10H2,(H2,16,20). The van der Waals surface area contributed by atoms with Crippen LogP contribution in [0.2, 0.25) is 0 Å². The van der Waals surface area contributed by atoms with Crippen molar-refractivity contribution in [1.29, 1.82) is 0 Å². The number of urea groups is 1. The van der Waals surface area contributed by atoms with Crippen LogP contribution in [0.4, 0.5) is 9.18 Å². The quantitative estimate of drug-likeness (QED) is 0.817. The maximum Gasteiger partial charge on any atom is 0.314 e. The predicted molar refractivity (Wildman–Crippen MR) is 75.5 cm³/mol. The van der Waals surface area contributed by atoms with Crippen LogP contribution in [0.5, 0.6) is 5.75 Å². The van der Waals surface area contributed by atoms with Crippen molar-refractivity contribution >= 4 is 6.03 Å². The second-order valence-electron chi connectivity index (χ2n) is 5.02. The number of benzene rings is 1. The van der Waals surface area contributed by atoms with Crippen LogP contribution in [0.25, 0.3) is 0 Å². The molecule has 0 aromatic heterocycles. The molecular weight excluding hydrogens is 277 g/mol. The fourth-order valence-corrected chi connectivity index (χ4v) is 2.25. The Bertz CT molecular complexity index is 478. The Balaban J connectivity index is 1.72. The average Bonchev–Trinajstić information content (AvgIpc) is 2.47. The third kappa shape index (κ3) is 4.57. The molecule has 1 heterocycles. The number of amides is 2. The molecule has 1 aromatic rings. The molecule has 1 aromatic carbocycles. The Morgan fingerprint density at radius 2 is 2.00 bits per heavy atom. The summed E-state index contributed by atoms with van der Waals surface area (Å²) in [7, 11) is 0. The average molecular weight is 297 g/mol. The monoisotopic (exact) mass is 297 g/mol. The number of ether oxygens (including phenoxy) is 1. The molecule has 0 aliphatic carbocycles. The molecule has 2 amide bonds. The lowest BCUT2D eigenvalue weighted by molar-refractivity contribution is 0.0512. The van der Waals surface area contributed by atoms with Crippen LogP contribution in [0.1, 0.15) is 0 Å². The van der Waals surface area contributed by atoms with Crippen LogP contribution >= 0.6 is 0 Å². The van der Waals surface area contributed by atoms with E-state index in [-0.39, 0.29) is 12.4 Å². The van der Waals surface area contributed by atoms with Crippen molar-refractivity contribution in [2.45, 2.75) is 6.10 Å². The Kier molecular flexibility index (Phi) is 5.35. The van der Waals surface area contributed by atoms with Gasteiger partial charge in [0.2, 0.25) is 0 Å². The fourth-order valence-electron chi connectivity index (χ4n) is 2.25. The molecule has 7 heteroatoms. The predicted octanol–water partition coefficient (Wildman–Crippen LogP) is 0.262. The minimum atomic E-state index is -0.718. The number of para-hydroxylation sites is 1. The highest BCUT2D eigenvalue weighted by Crippen LogP contribution is 2.15. The lowest BCUT2D eigenvalue weighted by atomic mass is 10.2. The second-order valence-corrected chi connectivity index (χ2v) is 5.02. The number of carbonyl (C=O) groups is 1. The van der Waals surface area contributed by atoms with Gasteiger partial charge in [0.1, 0.15) is 12.7 Å². The number of piperazine rings is 1. The van der Waals surface area contributed by atoms with Crippen LogP contribution in [-0.4, -0.2) is 66.4 Å². The first kappa shape index (κ1) is 15.5. The Morgan fingerprint density at radius 3 is 2.62 bits per heavy atom. The molecule has 116 valence electrons. The molecule has 0 spiro atoms. The van der Waals surface area contributed by atoms with Crippen LogP contribution < -0.4 is 10.5 Å². The highest BCUT2D eigenvalue weighted by molar-refractivity contribution is 5.72. The van der Waals surface area contributed by atoms with E-state index < -0.39 is 18.0 Å². The van der Waals surface area contributed by atoms with Crippen molar-refractivity contribution in [2.75, 3.05) is 39.3 Å². The lowest BCUT2D eigenvalue weighted by Crippen LogP contribution is -2.52. The van der Waals surface area contributed by atoms with Gasteiger partial charge in [-0.3, -0.25) is 4.90 Å². The maximum absolute atomic E-state index is 13.4. The number of halogens is 1. The van der Waals surface area contributed by atoms with Crippen LogP contribution in [0.15, 0.2) is 24.3 Å². The number of primary amides is 1. The van der Waals surface area contributed by atoms with E-state index in [1.807, 2.05) is 4.90 Å². The Labute approximate surface area is 122 Å². The molecule has 6 nitrogen and oxygen atoms in total. The SMILES string of the molecule is NC(=O)N1CCN(CC(O)COc2ccccc2F)CC1. The van der Waals surface area contributed by atoms with Gasteiger partial charge in [-0.2, -0.15) is 0 Å². The van der Waals surface area contributed by atoms with E-state index in [0.29, 0.717) is 32.7 Å². The largest absolute Gasteiger partial charge is 0.488 e. The van der Waals surface area contributed by atoms with Crippen molar-refractivity contribution in [2.24, 2.45) is 5.73 Å². The first-order valence-electron chi connectivity index (χ1n) is 6.88. The van der Waals surface area contributed by atoms with Crippen LogP contribution in [-0.2, 0) is 0 Å². The van der Waals surface area contributed by atoms with E-state index in [9.17, 15) is 14.3 Å². The second kappa shape index (κ2) is 7.24. The minimum absolute atomic E-state index is 0.0248. The number of hydrogen-bond donors (Lipinski definition) is 2. The number of nitrogens with two attached hydrogens (primary N) is 1. The molecule has 3 N–H and O–H groups in total. The summed E-state index contributed by atoms with van der Waals surface area (Å²) in [6, 6.07) is 5.67. The third-order valence-electron chi connectivity index (χ3n) is 3.42. The van der Waals surface area contributed by atoms with Crippen molar-refractivity contribution < 1.29 is 19.0 Å². The van der Waals surface area contributed by atoms with Gasteiger partial charge in [-0.05, 0) is 12.1 Å². The van der Waals surface area contributed by atoms with Gasteiger partial charge in [0, 0.05) is 32.7 Å². The lowest BCUT2D eigenvalue weighted by Gasteiger charge is -2.34. The van der Waals surface area contributed by atoms with Gasteiger partial charge in [-0.15, -0.1) is 0 Å². The van der Waals surface area contributed by atoms with Crippen molar-refractivity contribution in [3.05, 3.63) is 30.1 Å². The Morgan fingerprint density at radius 1 is 1.33 bits per heavy atom. The molecule has 1 atom stereocenters. The van der Waals surface area contributed by atoms with Gasteiger partial charge < -0.3 is 20.5 Å². The number of aliphatic hydroxyl groups excluding tert-OH is 1. The highest BCUT2D eigenvalue weighted by Gasteiger charge is 2.21. The summed E-state index contributed by atoms with van der Waals surface area (Å²) in [4.78, 5) is 14.6. The number of hydrogen-bond acceptors (Lipinski definition) is 4. The van der Waals surface area contributed by atoms with Gasteiger partial charge in [0.05, 0.1) is 0 Å². The van der Waals surface area contributed by atoms with E-state index in [2.05, 4.69) is 0 Å². The Hall–Kier alpha value is -1.86. The molecule has 0 bridgehead atoms. The smallest absolute Gasteiger partial charge is 0.314 e. The minimum Gasteiger partial charge on any atom is -0.488 e. The van der Waals surface area contributed by atoms with Gasteiger partial charge in [0.25, 0.3) is 0 Å². The summed E-state index contributed by atoms with van der Waals surface area (Å²) >= 11 is 0. The van der Waals surface area contributed by atoms with Gasteiger partial charge in [-0.1, -0.05) is 12.1 Å². The number of rotatable bonds is 5. The van der Waals surface area contributed by atoms with E-state index in [0.717, 1.165) is 0 Å². The maximum atomic E-state index is 13.4. The zero-order valence-electron chi connectivity index (χ0n) is 11.7. The van der Waals surface area contributed by atoms with E-state index in [1.54, 1.807) is 17.0 Å². The molecule has 21 heavy (non-hydrogen) atoms. The molecule has 0 saturated carbocycles. The summed E-state index contributed by atoms with van der Waals surface area (Å²) < 4.78 is 18.6. The zero-order valence-corrected chi connectivity index (χ0v) is 11.7. The summed E-state index contributed by atoms with van der Waals surface area (Å²) in [6.07, 6.45) is -0.718. The van der Waals surface area contributed by atoms with Crippen molar-refractivity contribution in [3.63, 3.8) is 0 Å². The molecule has 1 aliphatic rings.